The number of ether oxygens (including phenoxy) is 1. The molecule has 0 spiro atoms. The summed E-state index contributed by atoms with van der Waals surface area (Å²) in [5.41, 5.74) is 7.70. The summed E-state index contributed by atoms with van der Waals surface area (Å²) in [6, 6.07) is 13.7. The van der Waals surface area contributed by atoms with Crippen molar-refractivity contribution in [3.8, 4) is 5.75 Å². The topological polar surface area (TPSA) is 72.6 Å². The number of hydrogen-bond acceptors (Lipinski definition) is 4. The van der Waals surface area contributed by atoms with E-state index in [1.807, 2.05) is 24.3 Å². The van der Waals surface area contributed by atoms with E-state index in [2.05, 4.69) is 0 Å². The van der Waals surface area contributed by atoms with Gasteiger partial charge in [-0.2, -0.15) is 0 Å². The van der Waals surface area contributed by atoms with Gasteiger partial charge in [0.2, 0.25) is 0 Å². The summed E-state index contributed by atoms with van der Waals surface area (Å²) in [5, 5.41) is 0. The Hall–Kier alpha value is -2.05. The van der Waals surface area contributed by atoms with Crippen LogP contribution in [0, 0.1) is 0 Å². The Labute approximate surface area is 130 Å². The minimum atomic E-state index is -3.64. The van der Waals surface area contributed by atoms with Crippen molar-refractivity contribution in [1.29, 1.82) is 0 Å². The lowest BCUT2D eigenvalue weighted by atomic mass is 10.0. The van der Waals surface area contributed by atoms with E-state index >= 15 is 0 Å². The summed E-state index contributed by atoms with van der Waals surface area (Å²) in [7, 11) is -2.09. The molecule has 2 aromatic carbocycles. The molecule has 1 unspecified atom stereocenters. The van der Waals surface area contributed by atoms with Crippen LogP contribution in [0.1, 0.15) is 5.56 Å². The number of nitrogens with zero attached hydrogens (tertiary/aromatic N) is 1. The van der Waals surface area contributed by atoms with Gasteiger partial charge in [-0.05, 0) is 42.3 Å². The quantitative estimate of drug-likeness (QED) is 0.936. The van der Waals surface area contributed by atoms with E-state index in [4.69, 9.17) is 10.5 Å². The van der Waals surface area contributed by atoms with Crippen LogP contribution in [0.25, 0.3) is 0 Å². The molecule has 0 aliphatic carbocycles. The second-order valence-corrected chi connectivity index (χ2v) is 7.17. The second kappa shape index (κ2) is 5.62. The molecule has 0 saturated carbocycles. The first-order valence-electron chi connectivity index (χ1n) is 7.02. The first kappa shape index (κ1) is 14.9. The van der Waals surface area contributed by atoms with E-state index in [1.165, 1.54) is 4.31 Å². The lowest BCUT2D eigenvalue weighted by molar-refractivity contribution is 0.414. The van der Waals surface area contributed by atoms with Crippen molar-refractivity contribution >= 4 is 15.7 Å². The third-order valence-corrected chi connectivity index (χ3v) is 5.58. The molecule has 1 aliphatic heterocycles. The molecule has 1 aliphatic rings. The molecular formula is C16H18N2O3S. The van der Waals surface area contributed by atoms with E-state index in [-0.39, 0.29) is 17.5 Å². The molecule has 3 rings (SSSR count). The molecular weight excluding hydrogens is 300 g/mol. The number of nitrogens with two attached hydrogens (primary N) is 1. The predicted molar refractivity (Wildman–Crippen MR) is 85.6 cm³/mol. The lowest BCUT2D eigenvalue weighted by Crippen LogP contribution is -2.46. The highest BCUT2D eigenvalue weighted by Gasteiger charge is 2.31. The van der Waals surface area contributed by atoms with Crippen LogP contribution in [0.15, 0.2) is 53.4 Å². The standard InChI is InChI=1S/C16H18N2O3S/c1-21-14-6-8-15(9-7-14)22(19,20)18-11-13(17)10-12-4-2-3-5-16(12)18/h2-9,13H,10-11,17H2,1H3. The van der Waals surface area contributed by atoms with E-state index in [0.29, 0.717) is 17.9 Å². The Morgan fingerprint density at radius 3 is 2.50 bits per heavy atom. The average Bonchev–Trinajstić information content (AvgIpc) is 2.54. The molecule has 0 saturated heterocycles. The predicted octanol–water partition coefficient (Wildman–Crippen LogP) is 1.77. The molecule has 1 atom stereocenters. The van der Waals surface area contributed by atoms with Gasteiger partial charge in [-0.1, -0.05) is 18.2 Å². The molecule has 2 N–H and O–H groups in total. The highest BCUT2D eigenvalue weighted by Crippen LogP contribution is 2.31. The summed E-state index contributed by atoms with van der Waals surface area (Å²) < 4.78 is 32.3. The minimum Gasteiger partial charge on any atom is -0.497 e. The van der Waals surface area contributed by atoms with Crippen molar-refractivity contribution in [1.82, 2.24) is 0 Å². The Morgan fingerprint density at radius 1 is 1.14 bits per heavy atom. The molecule has 1 heterocycles. The SMILES string of the molecule is COc1ccc(S(=O)(=O)N2CC(N)Cc3ccccc32)cc1. The van der Waals surface area contributed by atoms with Crippen molar-refractivity contribution < 1.29 is 13.2 Å². The maximum Gasteiger partial charge on any atom is 0.264 e. The molecule has 116 valence electrons. The van der Waals surface area contributed by atoms with Crippen molar-refractivity contribution in [3.05, 3.63) is 54.1 Å². The number of benzene rings is 2. The van der Waals surface area contributed by atoms with Gasteiger partial charge in [0.1, 0.15) is 5.75 Å². The maximum atomic E-state index is 12.9. The highest BCUT2D eigenvalue weighted by molar-refractivity contribution is 7.92. The zero-order valence-corrected chi connectivity index (χ0v) is 13.1. The monoisotopic (exact) mass is 318 g/mol. The molecule has 0 radical (unpaired) electrons. The van der Waals surface area contributed by atoms with Gasteiger partial charge in [-0.15, -0.1) is 0 Å². The number of hydrogen-bond donors (Lipinski definition) is 1. The van der Waals surface area contributed by atoms with E-state index in [1.54, 1.807) is 31.4 Å². The van der Waals surface area contributed by atoms with Gasteiger partial charge in [0.15, 0.2) is 0 Å². The largest absolute Gasteiger partial charge is 0.497 e. The Kier molecular flexibility index (Phi) is 3.80. The number of rotatable bonds is 3. The molecule has 0 amide bonds. The number of fused-ring (bicyclic) bond motifs is 1. The van der Waals surface area contributed by atoms with Crippen LogP contribution >= 0.6 is 0 Å². The first-order chi connectivity index (χ1) is 10.5. The Bertz CT molecular complexity index is 772. The first-order valence-corrected chi connectivity index (χ1v) is 8.46. The zero-order chi connectivity index (χ0) is 15.7. The number of para-hydroxylation sites is 1. The van der Waals surface area contributed by atoms with Gasteiger partial charge in [0.25, 0.3) is 10.0 Å². The van der Waals surface area contributed by atoms with Gasteiger partial charge in [-0.3, -0.25) is 4.31 Å². The van der Waals surface area contributed by atoms with E-state index in [0.717, 1.165) is 5.56 Å². The van der Waals surface area contributed by atoms with Gasteiger partial charge in [-0.25, -0.2) is 8.42 Å². The maximum absolute atomic E-state index is 12.9. The van der Waals surface area contributed by atoms with E-state index in [9.17, 15) is 8.42 Å². The summed E-state index contributed by atoms with van der Waals surface area (Å²) in [6.45, 7) is 0.283. The van der Waals surface area contributed by atoms with Gasteiger partial charge < -0.3 is 10.5 Å². The molecule has 2 aromatic rings. The molecule has 22 heavy (non-hydrogen) atoms. The third kappa shape index (κ3) is 2.55. The van der Waals surface area contributed by atoms with Crippen molar-refractivity contribution in [2.75, 3.05) is 18.0 Å². The molecule has 0 fully saturated rings. The molecule has 0 bridgehead atoms. The fraction of sp³-hybridized carbons (Fsp3) is 0.250. The lowest BCUT2D eigenvalue weighted by Gasteiger charge is -2.33. The van der Waals surface area contributed by atoms with Crippen LogP contribution in [-0.2, 0) is 16.4 Å². The van der Waals surface area contributed by atoms with E-state index < -0.39 is 10.0 Å². The second-order valence-electron chi connectivity index (χ2n) is 5.30. The fourth-order valence-corrected chi connectivity index (χ4v) is 4.25. The Morgan fingerprint density at radius 2 is 1.82 bits per heavy atom. The molecule has 0 aromatic heterocycles. The summed E-state index contributed by atoms with van der Waals surface area (Å²) in [5.74, 6) is 0.620. The van der Waals surface area contributed by atoms with Crippen LogP contribution in [0.5, 0.6) is 5.75 Å². The van der Waals surface area contributed by atoms with Crippen LogP contribution < -0.4 is 14.8 Å². The zero-order valence-electron chi connectivity index (χ0n) is 12.3. The third-order valence-electron chi connectivity index (χ3n) is 3.79. The average molecular weight is 318 g/mol. The van der Waals surface area contributed by atoms with Crippen molar-refractivity contribution in [2.45, 2.75) is 17.4 Å². The normalized spacial score (nSPS) is 17.9. The van der Waals surface area contributed by atoms with Crippen LogP contribution in [0.3, 0.4) is 0 Å². The van der Waals surface area contributed by atoms with Crippen molar-refractivity contribution in [2.24, 2.45) is 5.73 Å². The fourth-order valence-electron chi connectivity index (χ4n) is 2.69. The Balaban J connectivity index is 2.05. The van der Waals surface area contributed by atoms with Crippen LogP contribution in [-0.4, -0.2) is 28.1 Å². The van der Waals surface area contributed by atoms with Crippen LogP contribution in [0.2, 0.25) is 0 Å². The number of methoxy groups -OCH3 is 1. The minimum absolute atomic E-state index is 0.206. The van der Waals surface area contributed by atoms with Gasteiger partial charge in [0.05, 0.1) is 17.7 Å². The molecule has 6 heteroatoms. The summed E-state index contributed by atoms with van der Waals surface area (Å²) in [6.07, 6.45) is 0.685. The summed E-state index contributed by atoms with van der Waals surface area (Å²) >= 11 is 0. The van der Waals surface area contributed by atoms with Gasteiger partial charge in [0, 0.05) is 12.6 Å². The molecule has 5 nitrogen and oxygen atoms in total. The summed E-state index contributed by atoms with van der Waals surface area (Å²) in [4.78, 5) is 0.234. The van der Waals surface area contributed by atoms with Crippen molar-refractivity contribution in [3.63, 3.8) is 0 Å². The highest BCUT2D eigenvalue weighted by atomic mass is 32.2. The number of sulfonamides is 1. The smallest absolute Gasteiger partial charge is 0.264 e. The number of anilines is 1. The van der Waals surface area contributed by atoms with Crippen LogP contribution in [0.4, 0.5) is 5.69 Å². The van der Waals surface area contributed by atoms with Gasteiger partial charge >= 0.3 is 0 Å².